The number of halogens is 1. The van der Waals surface area contributed by atoms with Crippen LogP contribution in [0.25, 0.3) is 5.57 Å². The summed E-state index contributed by atoms with van der Waals surface area (Å²) in [7, 11) is 1.59. The van der Waals surface area contributed by atoms with E-state index in [1.807, 2.05) is 37.3 Å². The molecule has 6 heteroatoms. The monoisotopic (exact) mass is 418 g/mol. The molecule has 1 aliphatic rings. The van der Waals surface area contributed by atoms with Crippen LogP contribution in [0.3, 0.4) is 0 Å². The topological polar surface area (TPSA) is 58.6 Å². The fourth-order valence-corrected chi connectivity index (χ4v) is 3.65. The number of ether oxygens (including phenoxy) is 1. The lowest BCUT2D eigenvalue weighted by Gasteiger charge is -2.18. The fourth-order valence-electron chi connectivity index (χ4n) is 3.43. The van der Waals surface area contributed by atoms with Gasteiger partial charge in [0.1, 0.15) is 11.4 Å². The largest absolute Gasteiger partial charge is 0.497 e. The molecule has 3 aromatic carbocycles. The van der Waals surface area contributed by atoms with Crippen LogP contribution in [0.2, 0.25) is 5.02 Å². The first-order valence-electron chi connectivity index (χ1n) is 9.35. The first kappa shape index (κ1) is 19.7. The van der Waals surface area contributed by atoms with Gasteiger partial charge in [0.2, 0.25) is 0 Å². The van der Waals surface area contributed by atoms with Crippen LogP contribution in [0.5, 0.6) is 5.75 Å². The van der Waals surface area contributed by atoms with Crippen molar-refractivity contribution in [3.05, 3.63) is 94.6 Å². The molecule has 5 nitrogen and oxygen atoms in total. The third-order valence-corrected chi connectivity index (χ3v) is 5.14. The maximum atomic E-state index is 13.4. The van der Waals surface area contributed by atoms with E-state index in [4.69, 9.17) is 16.3 Å². The van der Waals surface area contributed by atoms with Crippen LogP contribution >= 0.6 is 11.6 Å². The predicted molar refractivity (Wildman–Crippen MR) is 119 cm³/mol. The summed E-state index contributed by atoms with van der Waals surface area (Å²) in [6, 6.07) is 21.4. The van der Waals surface area contributed by atoms with E-state index < -0.39 is 5.91 Å². The molecule has 0 atom stereocenters. The molecular formula is C24H19ClN2O3. The average molecular weight is 419 g/mol. The SMILES string of the molecule is COc1ccc(NC2=C(c3ccccc3)C(=O)N(c3ccc(Cl)cc3C)C2=O)cc1. The van der Waals surface area contributed by atoms with Gasteiger partial charge in [0, 0.05) is 10.7 Å². The number of imide groups is 1. The van der Waals surface area contributed by atoms with Crippen molar-refractivity contribution in [3.63, 3.8) is 0 Å². The Hall–Kier alpha value is -3.57. The smallest absolute Gasteiger partial charge is 0.282 e. The van der Waals surface area contributed by atoms with Crippen molar-refractivity contribution in [1.29, 1.82) is 0 Å². The molecule has 30 heavy (non-hydrogen) atoms. The lowest BCUT2D eigenvalue weighted by atomic mass is 10.0. The number of hydrogen-bond acceptors (Lipinski definition) is 4. The van der Waals surface area contributed by atoms with Gasteiger partial charge in [0.15, 0.2) is 0 Å². The highest BCUT2D eigenvalue weighted by Gasteiger charge is 2.40. The van der Waals surface area contributed by atoms with E-state index in [0.717, 1.165) is 5.56 Å². The van der Waals surface area contributed by atoms with E-state index in [-0.39, 0.29) is 11.6 Å². The Labute approximate surface area is 179 Å². The first-order valence-corrected chi connectivity index (χ1v) is 9.73. The molecule has 3 aromatic rings. The second-order valence-electron chi connectivity index (χ2n) is 6.85. The number of nitrogens with zero attached hydrogens (tertiary/aromatic N) is 1. The van der Waals surface area contributed by atoms with Crippen LogP contribution in [0.1, 0.15) is 11.1 Å². The van der Waals surface area contributed by atoms with Crippen LogP contribution in [0.4, 0.5) is 11.4 Å². The van der Waals surface area contributed by atoms with E-state index in [9.17, 15) is 9.59 Å². The zero-order chi connectivity index (χ0) is 21.3. The van der Waals surface area contributed by atoms with Crippen molar-refractivity contribution in [2.45, 2.75) is 6.92 Å². The highest BCUT2D eigenvalue weighted by atomic mass is 35.5. The fraction of sp³-hybridized carbons (Fsp3) is 0.0833. The number of rotatable bonds is 5. The standard InChI is InChI=1S/C24H19ClN2O3/c1-15-14-17(25)8-13-20(15)27-23(28)21(16-6-4-3-5-7-16)22(24(27)29)26-18-9-11-19(30-2)12-10-18/h3-14,26H,1-2H3. The lowest BCUT2D eigenvalue weighted by molar-refractivity contribution is -0.120. The normalized spacial score (nSPS) is 13.8. The Kier molecular flexibility index (Phi) is 5.29. The second-order valence-corrected chi connectivity index (χ2v) is 7.28. The Morgan fingerprint density at radius 3 is 2.23 bits per heavy atom. The summed E-state index contributed by atoms with van der Waals surface area (Å²) in [5.41, 5.74) is 3.14. The molecule has 0 radical (unpaired) electrons. The molecule has 0 fully saturated rings. The van der Waals surface area contributed by atoms with E-state index in [1.165, 1.54) is 4.90 Å². The minimum absolute atomic E-state index is 0.228. The van der Waals surface area contributed by atoms with Crippen molar-refractivity contribution < 1.29 is 14.3 Å². The summed E-state index contributed by atoms with van der Waals surface area (Å²) < 4.78 is 5.19. The first-order chi connectivity index (χ1) is 14.5. The number of anilines is 2. The predicted octanol–water partition coefficient (Wildman–Crippen LogP) is 5.05. The molecule has 1 heterocycles. The van der Waals surface area contributed by atoms with Gasteiger partial charge in [-0.2, -0.15) is 0 Å². The molecular weight excluding hydrogens is 400 g/mol. The summed E-state index contributed by atoms with van der Waals surface area (Å²) in [6.07, 6.45) is 0. The molecule has 1 N–H and O–H groups in total. The Bertz CT molecular complexity index is 1150. The van der Waals surface area contributed by atoms with E-state index in [2.05, 4.69) is 5.32 Å². The molecule has 0 saturated carbocycles. The highest BCUT2D eigenvalue weighted by Crippen LogP contribution is 2.35. The maximum absolute atomic E-state index is 13.4. The van der Waals surface area contributed by atoms with Crippen LogP contribution in [0.15, 0.2) is 78.5 Å². The Balaban J connectivity index is 1.80. The van der Waals surface area contributed by atoms with Gasteiger partial charge < -0.3 is 10.1 Å². The van der Waals surface area contributed by atoms with Crippen LogP contribution < -0.4 is 15.0 Å². The minimum atomic E-state index is -0.417. The van der Waals surface area contributed by atoms with Crippen LogP contribution in [0, 0.1) is 6.92 Å². The van der Waals surface area contributed by atoms with Gasteiger partial charge in [-0.3, -0.25) is 9.59 Å². The summed E-state index contributed by atoms with van der Waals surface area (Å²) in [5.74, 6) is -0.0993. The number of methoxy groups -OCH3 is 1. The lowest BCUT2D eigenvalue weighted by Crippen LogP contribution is -2.33. The molecule has 0 bridgehead atoms. The molecule has 0 saturated heterocycles. The van der Waals surface area contributed by atoms with Crippen LogP contribution in [-0.2, 0) is 9.59 Å². The zero-order valence-corrected chi connectivity index (χ0v) is 17.2. The number of carbonyl (C=O) groups excluding carboxylic acids is 2. The van der Waals surface area contributed by atoms with Gasteiger partial charge in [0.25, 0.3) is 11.8 Å². The van der Waals surface area contributed by atoms with Gasteiger partial charge >= 0.3 is 0 Å². The third kappa shape index (κ3) is 3.55. The Morgan fingerprint density at radius 1 is 0.900 bits per heavy atom. The van der Waals surface area contributed by atoms with E-state index in [0.29, 0.717) is 33.3 Å². The van der Waals surface area contributed by atoms with Gasteiger partial charge in [-0.05, 0) is 60.5 Å². The number of benzene rings is 3. The molecule has 1 aliphatic heterocycles. The summed E-state index contributed by atoms with van der Waals surface area (Å²) in [6.45, 7) is 1.82. The van der Waals surface area contributed by atoms with Gasteiger partial charge in [-0.25, -0.2) is 4.90 Å². The second kappa shape index (κ2) is 8.05. The van der Waals surface area contributed by atoms with E-state index in [1.54, 1.807) is 49.6 Å². The van der Waals surface area contributed by atoms with Crippen molar-refractivity contribution in [1.82, 2.24) is 0 Å². The molecule has 2 amide bonds. The minimum Gasteiger partial charge on any atom is -0.497 e. The number of aryl methyl sites for hydroxylation is 1. The van der Waals surface area contributed by atoms with Crippen molar-refractivity contribution in [2.24, 2.45) is 0 Å². The molecule has 0 spiro atoms. The zero-order valence-electron chi connectivity index (χ0n) is 16.5. The van der Waals surface area contributed by atoms with Gasteiger partial charge in [-0.15, -0.1) is 0 Å². The average Bonchev–Trinajstić information content (AvgIpc) is 2.99. The summed E-state index contributed by atoms with van der Waals surface area (Å²) >= 11 is 6.06. The number of amides is 2. The summed E-state index contributed by atoms with van der Waals surface area (Å²) in [5, 5.41) is 3.68. The number of nitrogens with one attached hydrogen (secondary N) is 1. The Morgan fingerprint density at radius 2 is 1.60 bits per heavy atom. The van der Waals surface area contributed by atoms with Crippen molar-refractivity contribution in [3.8, 4) is 5.75 Å². The highest BCUT2D eigenvalue weighted by molar-refractivity contribution is 6.46. The number of hydrogen-bond donors (Lipinski definition) is 1. The van der Waals surface area contributed by atoms with Gasteiger partial charge in [0.05, 0.1) is 18.4 Å². The maximum Gasteiger partial charge on any atom is 0.282 e. The molecule has 0 unspecified atom stereocenters. The summed E-state index contributed by atoms with van der Waals surface area (Å²) in [4.78, 5) is 28.0. The van der Waals surface area contributed by atoms with Gasteiger partial charge in [-0.1, -0.05) is 41.9 Å². The molecule has 150 valence electrons. The molecule has 0 aliphatic carbocycles. The van der Waals surface area contributed by atoms with Crippen molar-refractivity contribution >= 4 is 40.4 Å². The van der Waals surface area contributed by atoms with E-state index >= 15 is 0 Å². The third-order valence-electron chi connectivity index (χ3n) is 4.91. The van der Waals surface area contributed by atoms with Crippen LogP contribution in [-0.4, -0.2) is 18.9 Å². The molecule has 0 aromatic heterocycles. The molecule has 4 rings (SSSR count). The van der Waals surface area contributed by atoms with Crippen molar-refractivity contribution in [2.75, 3.05) is 17.3 Å². The quantitative estimate of drug-likeness (QED) is 0.589. The number of carbonyl (C=O) groups is 2.